The van der Waals surface area contributed by atoms with Crippen LogP contribution in [0.5, 0.6) is 0 Å². The smallest absolute Gasteiger partial charge is 0.233 e. The molecule has 0 saturated carbocycles. The van der Waals surface area contributed by atoms with Gasteiger partial charge in [0.2, 0.25) is 5.90 Å². The van der Waals surface area contributed by atoms with E-state index in [4.69, 9.17) is 14.6 Å². The number of aromatic nitrogens is 2. The molecule has 0 aliphatic heterocycles. The second-order valence-electron chi connectivity index (χ2n) is 3.75. The molecule has 0 aliphatic carbocycles. The number of rotatable bonds is 2. The highest BCUT2D eigenvalue weighted by Gasteiger charge is 2.16. The van der Waals surface area contributed by atoms with E-state index in [-0.39, 0.29) is 5.90 Å². The molecule has 0 aromatic carbocycles. The third kappa shape index (κ3) is 1.52. The summed E-state index contributed by atoms with van der Waals surface area (Å²) in [4.78, 5) is 8.48. The maximum absolute atomic E-state index is 7.87. The maximum atomic E-state index is 7.87. The molecule has 3 heterocycles. The minimum absolute atomic E-state index is 0.0384. The number of nitrogens with one attached hydrogen (secondary N) is 1. The molecule has 0 unspecified atom stereocenters. The van der Waals surface area contributed by atoms with Crippen LogP contribution in [0, 0.1) is 5.41 Å². The van der Waals surface area contributed by atoms with Crippen LogP contribution in [0.2, 0.25) is 0 Å². The van der Waals surface area contributed by atoms with E-state index in [1.807, 2.05) is 19.1 Å². The van der Waals surface area contributed by atoms with Crippen LogP contribution in [0.1, 0.15) is 12.6 Å². The van der Waals surface area contributed by atoms with E-state index in [9.17, 15) is 0 Å². The van der Waals surface area contributed by atoms with Crippen LogP contribution in [-0.4, -0.2) is 22.5 Å². The van der Waals surface area contributed by atoms with Crippen molar-refractivity contribution < 1.29 is 9.15 Å². The number of hydrogen-bond donors (Lipinski definition) is 1. The maximum Gasteiger partial charge on any atom is 0.233 e. The van der Waals surface area contributed by atoms with Crippen LogP contribution < -0.4 is 0 Å². The van der Waals surface area contributed by atoms with Gasteiger partial charge in [-0.05, 0) is 25.1 Å². The highest BCUT2D eigenvalue weighted by molar-refractivity contribution is 6.12. The molecule has 5 nitrogen and oxygen atoms in total. The first-order valence-electron chi connectivity index (χ1n) is 5.65. The predicted molar refractivity (Wildman–Crippen MR) is 67.8 cm³/mol. The Labute approximate surface area is 103 Å². The Kier molecular flexibility index (Phi) is 2.44. The molecule has 0 fully saturated rings. The Morgan fingerprint density at radius 1 is 1.28 bits per heavy atom. The van der Waals surface area contributed by atoms with Gasteiger partial charge in [0, 0.05) is 12.4 Å². The fourth-order valence-corrected chi connectivity index (χ4v) is 1.92. The van der Waals surface area contributed by atoms with Crippen LogP contribution >= 0.6 is 0 Å². The summed E-state index contributed by atoms with van der Waals surface area (Å²) in [6, 6.07) is 5.42. The number of pyridine rings is 2. The van der Waals surface area contributed by atoms with Crippen LogP contribution in [0.4, 0.5) is 0 Å². The molecule has 3 aromatic heterocycles. The Hall–Kier alpha value is -2.43. The van der Waals surface area contributed by atoms with Crippen LogP contribution in [-0.2, 0) is 4.74 Å². The van der Waals surface area contributed by atoms with E-state index >= 15 is 0 Å². The Balaban J connectivity index is 2.35. The quantitative estimate of drug-likeness (QED) is 0.553. The molecule has 0 saturated heterocycles. The van der Waals surface area contributed by atoms with Crippen LogP contribution in [0.3, 0.4) is 0 Å². The molecule has 0 amide bonds. The van der Waals surface area contributed by atoms with E-state index in [2.05, 4.69) is 9.97 Å². The highest BCUT2D eigenvalue weighted by atomic mass is 16.5. The summed E-state index contributed by atoms with van der Waals surface area (Å²) >= 11 is 0. The monoisotopic (exact) mass is 241 g/mol. The van der Waals surface area contributed by atoms with Gasteiger partial charge in [-0.25, -0.2) is 0 Å². The van der Waals surface area contributed by atoms with Crippen molar-refractivity contribution in [3.8, 4) is 0 Å². The topological polar surface area (TPSA) is 72.0 Å². The summed E-state index contributed by atoms with van der Waals surface area (Å²) in [6.07, 6.45) is 3.30. The molecule has 0 radical (unpaired) electrons. The third-order valence-electron chi connectivity index (χ3n) is 2.64. The molecule has 0 aliphatic rings. The average molecular weight is 241 g/mol. The zero-order valence-corrected chi connectivity index (χ0v) is 9.80. The molecular formula is C13H11N3O2. The van der Waals surface area contributed by atoms with E-state index in [1.165, 1.54) is 0 Å². The molecule has 90 valence electrons. The van der Waals surface area contributed by atoms with Crippen molar-refractivity contribution in [1.82, 2.24) is 9.97 Å². The molecule has 0 atom stereocenters. The fourth-order valence-electron chi connectivity index (χ4n) is 1.92. The first-order chi connectivity index (χ1) is 8.81. The fraction of sp³-hybridized carbons (Fsp3) is 0.154. The Bertz CT molecular complexity index is 733. The Morgan fingerprint density at radius 3 is 3.00 bits per heavy atom. The summed E-state index contributed by atoms with van der Waals surface area (Å²) in [5, 5.41) is 8.60. The molecular weight excluding hydrogens is 230 g/mol. The van der Waals surface area contributed by atoms with Gasteiger partial charge in [0.1, 0.15) is 16.8 Å². The zero-order chi connectivity index (χ0) is 12.5. The van der Waals surface area contributed by atoms with E-state index in [0.717, 1.165) is 5.39 Å². The van der Waals surface area contributed by atoms with Crippen molar-refractivity contribution in [3.63, 3.8) is 0 Å². The Morgan fingerprint density at radius 2 is 2.17 bits per heavy atom. The number of fused-ring (bicyclic) bond motifs is 3. The second kappa shape index (κ2) is 4.10. The first-order valence-corrected chi connectivity index (χ1v) is 5.65. The van der Waals surface area contributed by atoms with Gasteiger partial charge in [-0.2, -0.15) is 0 Å². The van der Waals surface area contributed by atoms with Crippen molar-refractivity contribution in [2.45, 2.75) is 6.92 Å². The number of ether oxygens (including phenoxy) is 1. The molecule has 3 aromatic rings. The lowest BCUT2D eigenvalue weighted by molar-refractivity contribution is 0.325. The van der Waals surface area contributed by atoms with E-state index in [0.29, 0.717) is 29.0 Å². The third-order valence-corrected chi connectivity index (χ3v) is 2.64. The first kappa shape index (κ1) is 10.7. The van der Waals surface area contributed by atoms with Crippen molar-refractivity contribution in [2.75, 3.05) is 6.61 Å². The van der Waals surface area contributed by atoms with E-state index < -0.39 is 0 Å². The lowest BCUT2D eigenvalue weighted by atomic mass is 10.2. The average Bonchev–Trinajstić information content (AvgIpc) is 2.77. The SMILES string of the molecule is CCOC(=N)c1nccc2oc3cccnc3c12. The highest BCUT2D eigenvalue weighted by Crippen LogP contribution is 2.28. The summed E-state index contributed by atoms with van der Waals surface area (Å²) in [5.41, 5.74) is 2.52. The predicted octanol–water partition coefficient (Wildman–Crippen LogP) is 2.74. The van der Waals surface area contributed by atoms with Gasteiger partial charge in [-0.15, -0.1) is 0 Å². The van der Waals surface area contributed by atoms with Crippen molar-refractivity contribution >= 4 is 28.0 Å². The lowest BCUT2D eigenvalue weighted by Crippen LogP contribution is -2.07. The molecule has 18 heavy (non-hydrogen) atoms. The summed E-state index contributed by atoms with van der Waals surface area (Å²) < 4.78 is 10.9. The molecule has 0 spiro atoms. The van der Waals surface area contributed by atoms with Gasteiger partial charge < -0.3 is 9.15 Å². The summed E-state index contributed by atoms with van der Waals surface area (Å²) in [7, 11) is 0. The zero-order valence-electron chi connectivity index (χ0n) is 9.80. The largest absolute Gasteiger partial charge is 0.477 e. The standard InChI is InChI=1S/C13H11N3O2/c1-2-17-13(14)12-10-8(5-7-16-12)18-9-4-3-6-15-11(9)10/h3-7,14H,2H2,1H3. The number of hydrogen-bond acceptors (Lipinski definition) is 5. The molecule has 3 rings (SSSR count). The molecule has 0 bridgehead atoms. The molecule has 1 N–H and O–H groups in total. The van der Waals surface area contributed by atoms with Crippen LogP contribution in [0.25, 0.3) is 22.1 Å². The summed E-state index contributed by atoms with van der Waals surface area (Å²) in [6.45, 7) is 2.26. The van der Waals surface area contributed by atoms with Gasteiger partial charge in [0.25, 0.3) is 0 Å². The summed E-state index contributed by atoms with van der Waals surface area (Å²) in [5.74, 6) is 0.0384. The molecule has 5 heteroatoms. The number of furan rings is 1. The second-order valence-corrected chi connectivity index (χ2v) is 3.75. The van der Waals surface area contributed by atoms with Crippen molar-refractivity contribution in [3.05, 3.63) is 36.3 Å². The lowest BCUT2D eigenvalue weighted by Gasteiger charge is -2.04. The van der Waals surface area contributed by atoms with Crippen molar-refractivity contribution in [1.29, 1.82) is 5.41 Å². The normalized spacial score (nSPS) is 10.9. The minimum Gasteiger partial charge on any atom is -0.477 e. The van der Waals surface area contributed by atoms with Gasteiger partial charge >= 0.3 is 0 Å². The van der Waals surface area contributed by atoms with E-state index in [1.54, 1.807) is 18.5 Å². The van der Waals surface area contributed by atoms with Gasteiger partial charge in [-0.1, -0.05) is 0 Å². The van der Waals surface area contributed by atoms with Gasteiger partial charge in [0.05, 0.1) is 12.0 Å². The van der Waals surface area contributed by atoms with Gasteiger partial charge in [-0.3, -0.25) is 15.4 Å². The number of nitrogens with zero attached hydrogens (tertiary/aromatic N) is 2. The minimum atomic E-state index is 0.0384. The van der Waals surface area contributed by atoms with Crippen LogP contribution in [0.15, 0.2) is 35.0 Å². The van der Waals surface area contributed by atoms with Crippen molar-refractivity contribution in [2.24, 2.45) is 0 Å². The van der Waals surface area contributed by atoms with Gasteiger partial charge in [0.15, 0.2) is 5.58 Å².